The molecule has 0 aliphatic rings. The molecular weight excluding hydrogens is 292 g/mol. The molecule has 22 heavy (non-hydrogen) atoms. The van der Waals surface area contributed by atoms with E-state index < -0.39 is 9.28 Å². The van der Waals surface area contributed by atoms with Crippen LogP contribution in [0.2, 0.25) is 0 Å². The van der Waals surface area contributed by atoms with Crippen molar-refractivity contribution in [1.29, 1.82) is 0 Å². The topological polar surface area (TPSA) is 38.7 Å². The highest BCUT2D eigenvalue weighted by molar-refractivity contribution is 6.63. The third kappa shape index (κ3) is 3.48. The molecule has 0 atom stereocenters. The Morgan fingerprint density at radius 3 is 1.55 bits per heavy atom. The van der Waals surface area contributed by atoms with Crippen molar-refractivity contribution in [3.05, 3.63) is 84.9 Å². The Hall–Kier alpha value is -2.72. The quantitative estimate of drug-likeness (QED) is 0.737. The Kier molecular flexibility index (Phi) is 4.41. The molecule has 3 aromatic rings. The van der Waals surface area contributed by atoms with Gasteiger partial charge < -0.3 is 14.0 Å². The van der Waals surface area contributed by atoms with Gasteiger partial charge in [0, 0.05) is 0 Å². The highest BCUT2D eigenvalue weighted by Gasteiger charge is 2.24. The second-order valence-electron chi connectivity index (χ2n) is 4.75. The Bertz CT molecular complexity index is 675. The zero-order valence-corrected chi connectivity index (χ0v) is 13.1. The van der Waals surface area contributed by atoms with Crippen molar-refractivity contribution in [2.45, 2.75) is 0 Å². The first-order chi connectivity index (χ1) is 10.8. The molecule has 0 radical (unpaired) electrons. The number of hydrogen-bond acceptors (Lipinski definition) is 3. The van der Waals surface area contributed by atoms with Crippen LogP contribution in [-0.2, 0) is 0 Å². The van der Waals surface area contributed by atoms with Crippen LogP contribution in [0.5, 0.6) is 17.2 Å². The Morgan fingerprint density at radius 1 is 0.591 bits per heavy atom. The molecule has 0 aromatic heterocycles. The van der Waals surface area contributed by atoms with E-state index >= 15 is 0 Å². The molecular formula is C18H16O3Si. The number of phenols is 1. The molecule has 1 N–H and O–H groups in total. The molecule has 110 valence electrons. The van der Waals surface area contributed by atoms with Crippen LogP contribution in [0, 0.1) is 0 Å². The largest absolute Gasteiger partial charge is 0.511 e. The summed E-state index contributed by atoms with van der Waals surface area (Å²) >= 11 is 0. The smallest absolute Gasteiger partial charge is 0.483 e. The summed E-state index contributed by atoms with van der Waals surface area (Å²) in [6.07, 6.45) is 0. The van der Waals surface area contributed by atoms with Gasteiger partial charge >= 0.3 is 9.28 Å². The maximum atomic E-state index is 10.1. The van der Waals surface area contributed by atoms with Gasteiger partial charge in [0.15, 0.2) is 0 Å². The first-order valence-corrected chi connectivity index (χ1v) is 8.56. The molecule has 0 saturated heterocycles. The van der Waals surface area contributed by atoms with E-state index in [-0.39, 0.29) is 5.75 Å². The molecule has 0 unspecified atom stereocenters. The third-order valence-corrected chi connectivity index (χ3v) is 5.13. The van der Waals surface area contributed by atoms with E-state index in [2.05, 4.69) is 0 Å². The average molecular weight is 308 g/mol. The molecule has 0 amide bonds. The van der Waals surface area contributed by atoms with Crippen LogP contribution in [0.15, 0.2) is 84.9 Å². The fourth-order valence-corrected chi connectivity index (χ4v) is 3.80. The Morgan fingerprint density at radius 2 is 1.05 bits per heavy atom. The fraction of sp³-hybridized carbons (Fsp3) is 0. The summed E-state index contributed by atoms with van der Waals surface area (Å²) in [5.74, 6) is 1.67. The lowest BCUT2D eigenvalue weighted by Gasteiger charge is -2.19. The van der Waals surface area contributed by atoms with Gasteiger partial charge in [-0.05, 0) is 30.3 Å². The zero-order valence-electron chi connectivity index (χ0n) is 11.9. The van der Waals surface area contributed by atoms with E-state index in [4.69, 9.17) is 8.85 Å². The van der Waals surface area contributed by atoms with Crippen molar-refractivity contribution >= 4 is 14.5 Å². The first-order valence-electron chi connectivity index (χ1n) is 7.04. The minimum atomic E-state index is -2.33. The number of aromatic hydroxyl groups is 1. The van der Waals surface area contributed by atoms with Crippen molar-refractivity contribution in [2.24, 2.45) is 0 Å². The monoisotopic (exact) mass is 308 g/mol. The minimum absolute atomic E-state index is 0.200. The molecule has 0 fully saturated rings. The highest BCUT2D eigenvalue weighted by Crippen LogP contribution is 2.16. The summed E-state index contributed by atoms with van der Waals surface area (Å²) in [5, 5.41) is 10.8. The number of para-hydroxylation sites is 3. The average Bonchev–Trinajstić information content (AvgIpc) is 2.57. The van der Waals surface area contributed by atoms with Gasteiger partial charge in [0.2, 0.25) is 0 Å². The maximum absolute atomic E-state index is 10.1. The van der Waals surface area contributed by atoms with E-state index in [1.165, 1.54) is 0 Å². The van der Waals surface area contributed by atoms with Crippen molar-refractivity contribution < 1.29 is 14.0 Å². The van der Waals surface area contributed by atoms with Crippen molar-refractivity contribution in [3.63, 3.8) is 0 Å². The van der Waals surface area contributed by atoms with Crippen LogP contribution in [0.4, 0.5) is 0 Å². The second kappa shape index (κ2) is 6.82. The highest BCUT2D eigenvalue weighted by atomic mass is 28.3. The third-order valence-electron chi connectivity index (χ3n) is 3.16. The normalized spacial score (nSPS) is 10.4. The lowest BCUT2D eigenvalue weighted by atomic mass is 10.3. The predicted octanol–water partition coefficient (Wildman–Crippen LogP) is 2.98. The van der Waals surface area contributed by atoms with Gasteiger partial charge in [-0.3, -0.25) is 0 Å². The Balaban J connectivity index is 1.90. The van der Waals surface area contributed by atoms with Gasteiger partial charge in [-0.25, -0.2) is 0 Å². The predicted molar refractivity (Wildman–Crippen MR) is 89.0 cm³/mol. The lowest BCUT2D eigenvalue weighted by molar-refractivity contribution is 0.432. The van der Waals surface area contributed by atoms with Crippen molar-refractivity contribution in [2.75, 3.05) is 0 Å². The summed E-state index contributed by atoms with van der Waals surface area (Å²) in [7, 11) is -2.33. The van der Waals surface area contributed by atoms with E-state index in [1.54, 1.807) is 12.1 Å². The summed E-state index contributed by atoms with van der Waals surface area (Å²) in [4.78, 5) is 0. The van der Waals surface area contributed by atoms with E-state index in [0.29, 0.717) is 0 Å². The van der Waals surface area contributed by atoms with Gasteiger partial charge in [0.1, 0.15) is 17.2 Å². The molecule has 3 rings (SSSR count). The molecule has 0 aliphatic carbocycles. The maximum Gasteiger partial charge on any atom is 0.483 e. The van der Waals surface area contributed by atoms with Gasteiger partial charge in [0.25, 0.3) is 0 Å². The van der Waals surface area contributed by atoms with E-state index in [1.807, 2.05) is 72.8 Å². The van der Waals surface area contributed by atoms with Crippen LogP contribution in [0.1, 0.15) is 0 Å². The first kappa shape index (κ1) is 14.2. The van der Waals surface area contributed by atoms with Crippen LogP contribution < -0.4 is 14.0 Å². The van der Waals surface area contributed by atoms with E-state index in [0.717, 1.165) is 16.7 Å². The number of hydrogen-bond donors (Lipinski definition) is 1. The van der Waals surface area contributed by atoms with Gasteiger partial charge in [-0.2, -0.15) is 0 Å². The molecule has 0 saturated carbocycles. The molecule has 0 bridgehead atoms. The molecule has 0 aliphatic heterocycles. The van der Waals surface area contributed by atoms with Crippen molar-refractivity contribution in [3.8, 4) is 17.2 Å². The van der Waals surface area contributed by atoms with Crippen molar-refractivity contribution in [1.82, 2.24) is 0 Å². The summed E-state index contributed by atoms with van der Waals surface area (Å²) in [6.45, 7) is 0. The number of phenolic OH excluding ortho intramolecular Hbond substituents is 1. The summed E-state index contributed by atoms with van der Waals surface area (Å²) in [5.41, 5.74) is 0. The van der Waals surface area contributed by atoms with Crippen LogP contribution >= 0.6 is 0 Å². The molecule has 3 aromatic carbocycles. The summed E-state index contributed by atoms with van der Waals surface area (Å²) in [6, 6.07) is 26.2. The molecule has 4 heteroatoms. The van der Waals surface area contributed by atoms with Gasteiger partial charge in [0.05, 0.1) is 5.19 Å². The molecule has 3 nitrogen and oxygen atoms in total. The lowest BCUT2D eigenvalue weighted by Crippen LogP contribution is -2.42. The van der Waals surface area contributed by atoms with Crippen LogP contribution in [-0.4, -0.2) is 14.4 Å². The molecule has 0 spiro atoms. The van der Waals surface area contributed by atoms with Crippen LogP contribution in [0.25, 0.3) is 0 Å². The zero-order chi connectivity index (χ0) is 15.2. The minimum Gasteiger partial charge on any atom is -0.511 e. The second-order valence-corrected chi connectivity index (χ2v) is 6.51. The van der Waals surface area contributed by atoms with Gasteiger partial charge in [-0.1, -0.05) is 54.6 Å². The Labute approximate surface area is 131 Å². The van der Waals surface area contributed by atoms with Gasteiger partial charge in [-0.15, -0.1) is 0 Å². The van der Waals surface area contributed by atoms with Crippen LogP contribution in [0.3, 0.4) is 0 Å². The number of benzene rings is 3. The SMILES string of the molecule is Oc1ccccc1[SiH](Oc1ccccc1)Oc1ccccc1. The standard InChI is InChI=1S/C18H16O3Si/c19-17-13-7-8-14-18(17)22(20-15-9-3-1-4-10-15)21-16-11-5-2-6-12-16/h1-14,19,22H. The number of rotatable bonds is 5. The molecule has 0 heterocycles. The van der Waals surface area contributed by atoms with E-state index in [9.17, 15) is 5.11 Å². The fourth-order valence-electron chi connectivity index (χ4n) is 2.08. The summed E-state index contributed by atoms with van der Waals surface area (Å²) < 4.78 is 12.1.